The van der Waals surface area contributed by atoms with Crippen molar-refractivity contribution in [1.82, 2.24) is 25.1 Å². The maximum Gasteiger partial charge on any atom is 0.223 e. The normalized spacial score (nSPS) is 24.7. The highest BCUT2D eigenvalue weighted by Gasteiger charge is 2.30. The van der Waals surface area contributed by atoms with E-state index in [0.29, 0.717) is 12.5 Å². The number of hydrogen-bond donors (Lipinski definition) is 2. The van der Waals surface area contributed by atoms with Crippen LogP contribution < -0.4 is 16.0 Å². The maximum absolute atomic E-state index is 12.7. The summed E-state index contributed by atoms with van der Waals surface area (Å²) in [5, 5.41) is 15.7. The first kappa shape index (κ1) is 17.2. The van der Waals surface area contributed by atoms with E-state index < -0.39 is 0 Å². The molecule has 0 aromatic carbocycles. The molecule has 26 heavy (non-hydrogen) atoms. The van der Waals surface area contributed by atoms with E-state index in [1.54, 1.807) is 10.8 Å². The van der Waals surface area contributed by atoms with Crippen LogP contribution in [0.25, 0.3) is 5.65 Å². The highest BCUT2D eigenvalue weighted by atomic mass is 16.2. The predicted octanol–water partition coefficient (Wildman–Crippen LogP) is 0.974. The average molecular weight is 357 g/mol. The number of fused-ring (bicyclic) bond motifs is 1. The molecule has 1 saturated carbocycles. The summed E-state index contributed by atoms with van der Waals surface area (Å²) in [7, 11) is 0. The summed E-state index contributed by atoms with van der Waals surface area (Å²) >= 11 is 0. The summed E-state index contributed by atoms with van der Waals surface area (Å²) in [6, 6.07) is 4.15. The van der Waals surface area contributed by atoms with Gasteiger partial charge in [-0.3, -0.25) is 4.79 Å². The fourth-order valence-corrected chi connectivity index (χ4v) is 4.24. The smallest absolute Gasteiger partial charge is 0.223 e. The minimum Gasteiger partial charge on any atom is -0.355 e. The fraction of sp³-hybridized carbons (Fsp3) is 0.667. The predicted molar refractivity (Wildman–Crippen MR) is 98.7 cm³/mol. The van der Waals surface area contributed by atoms with E-state index >= 15 is 0 Å². The average Bonchev–Trinajstić information content (AvgIpc) is 3.16. The molecule has 1 amide bonds. The molecule has 2 atom stereocenters. The molecule has 3 heterocycles. The molecule has 1 saturated heterocycles. The number of piperidine rings is 1. The zero-order chi connectivity index (χ0) is 17.9. The minimum absolute atomic E-state index is 0.0882. The molecular formula is C18H27N7O. The summed E-state index contributed by atoms with van der Waals surface area (Å²) < 4.78 is 1.68. The first-order valence-electron chi connectivity index (χ1n) is 9.67. The van der Waals surface area contributed by atoms with Crippen molar-refractivity contribution in [2.45, 2.75) is 44.6 Å². The van der Waals surface area contributed by atoms with Gasteiger partial charge in [-0.15, -0.1) is 15.3 Å². The molecule has 1 aliphatic heterocycles. The summed E-state index contributed by atoms with van der Waals surface area (Å²) in [6.45, 7) is 2.34. The van der Waals surface area contributed by atoms with E-state index in [-0.39, 0.29) is 17.9 Å². The van der Waals surface area contributed by atoms with Gasteiger partial charge in [0.2, 0.25) is 5.91 Å². The Morgan fingerprint density at radius 1 is 1.19 bits per heavy atom. The highest BCUT2D eigenvalue weighted by Crippen LogP contribution is 2.26. The van der Waals surface area contributed by atoms with Gasteiger partial charge in [-0.05, 0) is 50.3 Å². The Hall–Kier alpha value is -2.22. The zero-order valence-electron chi connectivity index (χ0n) is 15.0. The number of hydrogen-bond acceptors (Lipinski definition) is 6. The molecule has 3 N–H and O–H groups in total. The Morgan fingerprint density at radius 3 is 2.81 bits per heavy atom. The van der Waals surface area contributed by atoms with Crippen molar-refractivity contribution in [3.63, 3.8) is 0 Å². The van der Waals surface area contributed by atoms with Crippen molar-refractivity contribution in [2.24, 2.45) is 17.6 Å². The molecule has 2 aromatic rings. The van der Waals surface area contributed by atoms with Crippen molar-refractivity contribution in [3.05, 3.63) is 18.5 Å². The number of nitrogens with one attached hydrogen (secondary N) is 1. The van der Waals surface area contributed by atoms with E-state index in [0.717, 1.165) is 50.2 Å². The lowest BCUT2D eigenvalue weighted by Crippen LogP contribution is -2.48. The SMILES string of the molecule is NCC1CCCCC1NC(=O)C1CCN(c2ccc3nncn3n2)CC1. The molecule has 8 nitrogen and oxygen atoms in total. The third kappa shape index (κ3) is 3.51. The van der Waals surface area contributed by atoms with Crippen molar-refractivity contribution < 1.29 is 4.79 Å². The number of nitrogens with two attached hydrogens (primary N) is 1. The molecule has 2 fully saturated rings. The molecular weight excluding hydrogens is 330 g/mol. The molecule has 4 rings (SSSR count). The van der Waals surface area contributed by atoms with Crippen LogP contribution in [0.15, 0.2) is 18.5 Å². The minimum atomic E-state index is 0.0882. The number of aromatic nitrogens is 4. The summed E-state index contributed by atoms with van der Waals surface area (Å²) in [5.74, 6) is 1.64. The number of carbonyl (C=O) groups is 1. The monoisotopic (exact) mass is 357 g/mol. The highest BCUT2D eigenvalue weighted by molar-refractivity contribution is 5.79. The fourth-order valence-electron chi connectivity index (χ4n) is 4.24. The van der Waals surface area contributed by atoms with Gasteiger partial charge in [0.05, 0.1) is 0 Å². The van der Waals surface area contributed by atoms with Crippen LogP contribution in [-0.2, 0) is 4.79 Å². The van der Waals surface area contributed by atoms with E-state index in [9.17, 15) is 4.79 Å². The van der Waals surface area contributed by atoms with Gasteiger partial charge in [0.25, 0.3) is 0 Å². The number of anilines is 1. The molecule has 8 heteroatoms. The number of amides is 1. The van der Waals surface area contributed by atoms with Crippen LogP contribution in [0.2, 0.25) is 0 Å². The van der Waals surface area contributed by atoms with Gasteiger partial charge >= 0.3 is 0 Å². The lowest BCUT2D eigenvalue weighted by molar-refractivity contribution is -0.126. The van der Waals surface area contributed by atoms with Gasteiger partial charge < -0.3 is 16.0 Å². The van der Waals surface area contributed by atoms with Gasteiger partial charge in [0, 0.05) is 25.0 Å². The Kier molecular flexibility index (Phi) is 5.01. The van der Waals surface area contributed by atoms with Crippen molar-refractivity contribution >= 4 is 17.4 Å². The Labute approximate surface area is 153 Å². The van der Waals surface area contributed by atoms with Gasteiger partial charge in [-0.1, -0.05) is 12.8 Å². The van der Waals surface area contributed by atoms with Crippen LogP contribution in [0.5, 0.6) is 0 Å². The van der Waals surface area contributed by atoms with Crippen LogP contribution >= 0.6 is 0 Å². The standard InChI is InChI=1S/C18H27N7O/c19-11-14-3-1-2-4-15(14)21-18(26)13-7-9-24(10-8-13)17-6-5-16-22-20-12-25(16)23-17/h5-6,12-15H,1-4,7-11,19H2,(H,21,26). The van der Waals surface area contributed by atoms with Crippen LogP contribution in [0, 0.1) is 11.8 Å². The van der Waals surface area contributed by atoms with E-state index in [4.69, 9.17) is 5.73 Å². The molecule has 0 bridgehead atoms. The third-order valence-electron chi connectivity index (χ3n) is 5.88. The van der Waals surface area contributed by atoms with E-state index in [2.05, 4.69) is 25.5 Å². The van der Waals surface area contributed by atoms with Crippen molar-refractivity contribution in [1.29, 1.82) is 0 Å². The third-order valence-corrected chi connectivity index (χ3v) is 5.88. The first-order chi connectivity index (χ1) is 12.7. The second kappa shape index (κ2) is 7.57. The Bertz CT molecular complexity index is 753. The molecule has 2 aromatic heterocycles. The Balaban J connectivity index is 1.33. The maximum atomic E-state index is 12.7. The quantitative estimate of drug-likeness (QED) is 0.846. The van der Waals surface area contributed by atoms with Crippen LogP contribution in [0.3, 0.4) is 0 Å². The van der Waals surface area contributed by atoms with Gasteiger partial charge in [0.15, 0.2) is 5.65 Å². The number of nitrogens with zero attached hydrogens (tertiary/aromatic N) is 5. The molecule has 0 radical (unpaired) electrons. The van der Waals surface area contributed by atoms with Crippen LogP contribution in [0.1, 0.15) is 38.5 Å². The molecule has 1 aliphatic carbocycles. The largest absolute Gasteiger partial charge is 0.355 e. The summed E-state index contributed by atoms with van der Waals surface area (Å²) in [6.07, 6.45) is 7.94. The van der Waals surface area contributed by atoms with Crippen LogP contribution in [0.4, 0.5) is 5.82 Å². The van der Waals surface area contributed by atoms with Crippen molar-refractivity contribution in [3.8, 4) is 0 Å². The molecule has 2 unspecified atom stereocenters. The topological polar surface area (TPSA) is 101 Å². The second-order valence-electron chi connectivity index (χ2n) is 7.48. The van der Waals surface area contributed by atoms with E-state index in [1.165, 1.54) is 12.8 Å². The van der Waals surface area contributed by atoms with E-state index in [1.807, 2.05) is 12.1 Å². The Morgan fingerprint density at radius 2 is 2.00 bits per heavy atom. The lowest BCUT2D eigenvalue weighted by Gasteiger charge is -2.35. The first-order valence-corrected chi connectivity index (χ1v) is 9.67. The number of carbonyl (C=O) groups excluding carboxylic acids is 1. The molecule has 2 aliphatic rings. The van der Waals surface area contributed by atoms with Gasteiger partial charge in [0.1, 0.15) is 12.1 Å². The summed E-state index contributed by atoms with van der Waals surface area (Å²) in [5.41, 5.74) is 6.63. The lowest BCUT2D eigenvalue weighted by atomic mass is 9.84. The summed E-state index contributed by atoms with van der Waals surface area (Å²) in [4.78, 5) is 14.9. The van der Waals surface area contributed by atoms with Gasteiger partial charge in [-0.2, -0.15) is 4.52 Å². The molecule has 140 valence electrons. The zero-order valence-corrected chi connectivity index (χ0v) is 15.0. The second-order valence-corrected chi connectivity index (χ2v) is 7.48. The molecule has 0 spiro atoms. The van der Waals surface area contributed by atoms with Crippen LogP contribution in [-0.4, -0.2) is 51.4 Å². The van der Waals surface area contributed by atoms with Crippen molar-refractivity contribution in [2.75, 3.05) is 24.5 Å². The van der Waals surface area contributed by atoms with Gasteiger partial charge in [-0.25, -0.2) is 0 Å². The number of rotatable bonds is 4.